The Morgan fingerprint density at radius 2 is 1.89 bits per heavy atom. The minimum absolute atomic E-state index is 0.00237. The van der Waals surface area contributed by atoms with Crippen LogP contribution >= 0.6 is 0 Å². The van der Waals surface area contributed by atoms with E-state index in [0.717, 1.165) is 6.20 Å². The summed E-state index contributed by atoms with van der Waals surface area (Å²) in [6.07, 6.45) is 2.99. The third-order valence-corrected chi connectivity index (χ3v) is 2.45. The summed E-state index contributed by atoms with van der Waals surface area (Å²) in [5.41, 5.74) is 5.10. The summed E-state index contributed by atoms with van der Waals surface area (Å²) in [5, 5.41) is 11.8. The van der Waals surface area contributed by atoms with Gasteiger partial charge in [0, 0.05) is 0 Å². The number of primary amides is 1. The second kappa shape index (κ2) is 6.79. The molecule has 4 N–H and O–H groups in total. The molecule has 0 bridgehead atoms. The summed E-state index contributed by atoms with van der Waals surface area (Å²) in [7, 11) is 0. The number of nitrogens with zero attached hydrogens (tertiary/aromatic N) is 2. The number of hydrogen-bond donors (Lipinski definition) is 3. The van der Waals surface area contributed by atoms with Crippen molar-refractivity contribution < 1.29 is 14.7 Å². The molecule has 0 radical (unpaired) electrons. The number of hydrogen-bond acceptors (Lipinski definition) is 5. The second-order valence-electron chi connectivity index (χ2n) is 4.63. The zero-order chi connectivity index (χ0) is 14.4. The van der Waals surface area contributed by atoms with Crippen LogP contribution < -0.4 is 11.1 Å². The number of rotatable bonds is 6. The molecule has 1 heterocycles. The van der Waals surface area contributed by atoms with Gasteiger partial charge in [-0.3, -0.25) is 9.59 Å². The summed E-state index contributed by atoms with van der Waals surface area (Å²) in [6.45, 7) is 3.85. The molecule has 0 saturated carbocycles. The van der Waals surface area contributed by atoms with Gasteiger partial charge in [0.25, 0.3) is 11.8 Å². The topological polar surface area (TPSA) is 118 Å². The van der Waals surface area contributed by atoms with Crippen molar-refractivity contribution in [1.82, 2.24) is 15.3 Å². The molecule has 7 nitrogen and oxygen atoms in total. The van der Waals surface area contributed by atoms with Crippen molar-refractivity contribution in [2.24, 2.45) is 11.7 Å². The van der Waals surface area contributed by atoms with Crippen molar-refractivity contribution >= 4 is 11.8 Å². The predicted octanol–water partition coefficient (Wildman–Crippen LogP) is -0.288. The average molecular weight is 266 g/mol. The van der Waals surface area contributed by atoms with Gasteiger partial charge < -0.3 is 16.2 Å². The van der Waals surface area contributed by atoms with Crippen molar-refractivity contribution in [3.63, 3.8) is 0 Å². The summed E-state index contributed by atoms with van der Waals surface area (Å²) in [6, 6.07) is -0.329. The Morgan fingerprint density at radius 1 is 1.32 bits per heavy atom. The first-order chi connectivity index (χ1) is 8.93. The Bertz CT molecular complexity index is 445. The third-order valence-electron chi connectivity index (χ3n) is 2.45. The van der Waals surface area contributed by atoms with Crippen LogP contribution in [0, 0.1) is 5.92 Å². The Hall–Kier alpha value is -2.02. The minimum atomic E-state index is -0.701. The average Bonchev–Trinajstić information content (AvgIpc) is 2.37. The summed E-state index contributed by atoms with van der Waals surface area (Å²) in [5.74, 6) is -0.795. The van der Waals surface area contributed by atoms with Crippen molar-refractivity contribution in [3.8, 4) is 0 Å². The number of amides is 2. The lowest BCUT2D eigenvalue weighted by atomic mass is 10.0. The molecule has 19 heavy (non-hydrogen) atoms. The summed E-state index contributed by atoms with van der Waals surface area (Å²) in [4.78, 5) is 30.2. The molecule has 0 aromatic carbocycles. The first kappa shape index (κ1) is 15.0. The Kier molecular flexibility index (Phi) is 5.37. The lowest BCUT2D eigenvalue weighted by Gasteiger charge is -2.17. The highest BCUT2D eigenvalue weighted by Crippen LogP contribution is 2.05. The van der Waals surface area contributed by atoms with Crippen LogP contribution in [-0.4, -0.2) is 39.5 Å². The van der Waals surface area contributed by atoms with Crippen LogP contribution in [0.3, 0.4) is 0 Å². The van der Waals surface area contributed by atoms with Crippen LogP contribution in [-0.2, 0) is 0 Å². The molecule has 0 unspecified atom stereocenters. The van der Waals surface area contributed by atoms with Gasteiger partial charge in [-0.2, -0.15) is 0 Å². The van der Waals surface area contributed by atoms with Crippen LogP contribution in [0.25, 0.3) is 0 Å². The molecule has 0 aliphatic rings. The van der Waals surface area contributed by atoms with E-state index in [1.54, 1.807) is 0 Å². The van der Waals surface area contributed by atoms with Crippen LogP contribution in [0.1, 0.15) is 41.2 Å². The largest absolute Gasteiger partial charge is 0.394 e. The molecular formula is C12H18N4O3. The number of carbonyl (C=O) groups is 2. The van der Waals surface area contributed by atoms with E-state index in [1.807, 2.05) is 13.8 Å². The Morgan fingerprint density at radius 3 is 2.32 bits per heavy atom. The standard InChI is InChI=1S/C12H18N4O3/c1-7(2)3-8(6-17)16-12(19)10-5-14-9(4-15-10)11(13)18/h4-5,7-8,17H,3,6H2,1-2H3,(H2,13,18)(H,16,19)/t8-/m1/s1. The molecule has 1 atom stereocenters. The smallest absolute Gasteiger partial charge is 0.271 e. The molecule has 1 rings (SSSR count). The molecule has 1 aromatic heterocycles. The van der Waals surface area contributed by atoms with E-state index in [-0.39, 0.29) is 24.0 Å². The fourth-order valence-electron chi connectivity index (χ4n) is 1.58. The highest BCUT2D eigenvalue weighted by atomic mass is 16.3. The predicted molar refractivity (Wildman–Crippen MR) is 68.3 cm³/mol. The van der Waals surface area contributed by atoms with E-state index in [9.17, 15) is 14.7 Å². The molecule has 2 amide bonds. The summed E-state index contributed by atoms with van der Waals surface area (Å²) >= 11 is 0. The van der Waals surface area contributed by atoms with Crippen molar-refractivity contribution in [2.75, 3.05) is 6.61 Å². The van der Waals surface area contributed by atoms with Gasteiger partial charge in [0.15, 0.2) is 0 Å². The number of nitrogens with two attached hydrogens (primary N) is 1. The van der Waals surface area contributed by atoms with Crippen molar-refractivity contribution in [2.45, 2.75) is 26.3 Å². The highest BCUT2D eigenvalue weighted by Gasteiger charge is 2.16. The van der Waals surface area contributed by atoms with E-state index < -0.39 is 11.8 Å². The highest BCUT2D eigenvalue weighted by molar-refractivity contribution is 5.93. The van der Waals surface area contributed by atoms with Gasteiger partial charge in [0.05, 0.1) is 25.0 Å². The maximum Gasteiger partial charge on any atom is 0.271 e. The molecule has 0 saturated heterocycles. The number of carbonyl (C=O) groups excluding carboxylic acids is 2. The molecular weight excluding hydrogens is 248 g/mol. The fourth-order valence-corrected chi connectivity index (χ4v) is 1.58. The molecule has 7 heteroatoms. The minimum Gasteiger partial charge on any atom is -0.394 e. The van der Waals surface area contributed by atoms with E-state index in [1.165, 1.54) is 6.20 Å². The Balaban J connectivity index is 2.69. The van der Waals surface area contributed by atoms with Crippen LogP contribution in [0.4, 0.5) is 0 Å². The molecule has 0 fully saturated rings. The lowest BCUT2D eigenvalue weighted by molar-refractivity contribution is 0.0900. The first-order valence-electron chi connectivity index (χ1n) is 5.97. The van der Waals surface area contributed by atoms with Gasteiger partial charge in [-0.05, 0) is 12.3 Å². The van der Waals surface area contributed by atoms with Gasteiger partial charge in [-0.15, -0.1) is 0 Å². The molecule has 0 aliphatic carbocycles. The second-order valence-corrected chi connectivity index (χ2v) is 4.63. The van der Waals surface area contributed by atoms with Crippen LogP contribution in [0.2, 0.25) is 0 Å². The number of aromatic nitrogens is 2. The number of aliphatic hydroxyl groups is 1. The molecule has 1 aromatic rings. The van der Waals surface area contributed by atoms with Gasteiger partial charge in [0.2, 0.25) is 0 Å². The maximum absolute atomic E-state index is 11.8. The van der Waals surface area contributed by atoms with E-state index >= 15 is 0 Å². The lowest BCUT2D eigenvalue weighted by Crippen LogP contribution is -2.38. The van der Waals surface area contributed by atoms with Crippen molar-refractivity contribution in [3.05, 3.63) is 23.8 Å². The quantitative estimate of drug-likeness (QED) is 0.654. The van der Waals surface area contributed by atoms with E-state index in [4.69, 9.17) is 5.73 Å². The normalized spacial score (nSPS) is 12.2. The molecule has 0 aliphatic heterocycles. The van der Waals surface area contributed by atoms with Crippen LogP contribution in [0.5, 0.6) is 0 Å². The Labute approximate surface area is 111 Å². The first-order valence-corrected chi connectivity index (χ1v) is 5.97. The number of aliphatic hydroxyl groups excluding tert-OH is 1. The van der Waals surface area contributed by atoms with Gasteiger partial charge in [-0.25, -0.2) is 9.97 Å². The maximum atomic E-state index is 11.8. The molecule has 0 spiro atoms. The third kappa shape index (κ3) is 4.63. The van der Waals surface area contributed by atoms with Gasteiger partial charge in [-0.1, -0.05) is 13.8 Å². The fraction of sp³-hybridized carbons (Fsp3) is 0.500. The zero-order valence-electron chi connectivity index (χ0n) is 11.0. The molecule has 104 valence electrons. The van der Waals surface area contributed by atoms with Gasteiger partial charge in [0.1, 0.15) is 11.4 Å². The SMILES string of the molecule is CC(C)C[C@H](CO)NC(=O)c1cnc(C(N)=O)cn1. The van der Waals surface area contributed by atoms with Gasteiger partial charge >= 0.3 is 0 Å². The van der Waals surface area contributed by atoms with Crippen LogP contribution in [0.15, 0.2) is 12.4 Å². The van der Waals surface area contributed by atoms with E-state index in [0.29, 0.717) is 12.3 Å². The summed E-state index contributed by atoms with van der Waals surface area (Å²) < 4.78 is 0. The monoisotopic (exact) mass is 266 g/mol. The van der Waals surface area contributed by atoms with E-state index in [2.05, 4.69) is 15.3 Å². The number of nitrogens with one attached hydrogen (secondary N) is 1. The zero-order valence-corrected chi connectivity index (χ0v) is 11.0. The van der Waals surface area contributed by atoms with Crippen molar-refractivity contribution in [1.29, 1.82) is 0 Å².